The highest BCUT2D eigenvalue weighted by Crippen LogP contribution is 2.22. The van der Waals surface area contributed by atoms with E-state index >= 15 is 0 Å². The summed E-state index contributed by atoms with van der Waals surface area (Å²) in [7, 11) is 0. The summed E-state index contributed by atoms with van der Waals surface area (Å²) in [5, 5.41) is 2.84. The van der Waals surface area contributed by atoms with Crippen molar-refractivity contribution in [2.24, 2.45) is 5.92 Å². The number of esters is 1. The highest BCUT2D eigenvalue weighted by molar-refractivity contribution is 5.97. The Bertz CT molecular complexity index is 849. The summed E-state index contributed by atoms with van der Waals surface area (Å²) in [6.07, 6.45) is 2.01. The molecule has 1 heterocycles. The van der Waals surface area contributed by atoms with E-state index in [2.05, 4.69) is 5.32 Å². The zero-order valence-electron chi connectivity index (χ0n) is 16.6. The Hall–Kier alpha value is -3.15. The number of likely N-dealkylation sites (tertiary alicyclic amines) is 1. The third-order valence-corrected chi connectivity index (χ3v) is 4.92. The molecule has 6 nitrogen and oxygen atoms in total. The average molecular weight is 394 g/mol. The number of carbonyl (C=O) groups excluding carboxylic acids is 3. The molecular weight excluding hydrogens is 368 g/mol. The topological polar surface area (TPSA) is 75.7 Å². The van der Waals surface area contributed by atoms with E-state index in [1.807, 2.05) is 37.3 Å². The highest BCUT2D eigenvalue weighted by atomic mass is 16.5. The molecule has 2 aromatic carbocycles. The smallest absolute Gasteiger partial charge is 0.338 e. The molecule has 6 heteroatoms. The molecule has 2 aromatic rings. The number of nitrogens with zero attached hydrogens (tertiary/aromatic N) is 1. The van der Waals surface area contributed by atoms with Crippen molar-refractivity contribution in [1.29, 1.82) is 0 Å². The number of anilines is 1. The third kappa shape index (κ3) is 5.67. The molecule has 2 amide bonds. The second-order valence-corrected chi connectivity index (χ2v) is 7.22. The van der Waals surface area contributed by atoms with Crippen LogP contribution in [0.4, 0.5) is 5.69 Å². The molecule has 0 bridgehead atoms. The van der Waals surface area contributed by atoms with Crippen molar-refractivity contribution in [2.45, 2.75) is 32.7 Å². The van der Waals surface area contributed by atoms with Gasteiger partial charge in [-0.15, -0.1) is 0 Å². The monoisotopic (exact) mass is 394 g/mol. The van der Waals surface area contributed by atoms with Crippen LogP contribution < -0.4 is 5.32 Å². The standard InChI is InChI=1S/C23H26N2O4/c1-2-3-13-29-23(28)18-9-11-20(12-10-18)24-22(27)19-14-21(26)25(16-19)15-17-7-5-4-6-8-17/h4-12,19H,2-3,13-16H2,1H3,(H,24,27)/t19-/m1/s1. The minimum absolute atomic E-state index is 0.0147. The Morgan fingerprint density at radius 1 is 1.10 bits per heavy atom. The molecule has 0 saturated carbocycles. The van der Waals surface area contributed by atoms with Crippen molar-refractivity contribution in [3.05, 3.63) is 65.7 Å². The van der Waals surface area contributed by atoms with Gasteiger partial charge in [0.1, 0.15) is 0 Å². The minimum Gasteiger partial charge on any atom is -0.462 e. The first-order valence-corrected chi connectivity index (χ1v) is 9.96. The number of amides is 2. The molecule has 1 saturated heterocycles. The van der Waals surface area contributed by atoms with Gasteiger partial charge in [0.25, 0.3) is 0 Å². The quantitative estimate of drug-likeness (QED) is 0.548. The predicted molar refractivity (Wildman–Crippen MR) is 110 cm³/mol. The number of hydrogen-bond acceptors (Lipinski definition) is 4. The van der Waals surface area contributed by atoms with Gasteiger partial charge in [-0.3, -0.25) is 9.59 Å². The summed E-state index contributed by atoms with van der Waals surface area (Å²) in [5.41, 5.74) is 2.08. The maximum atomic E-state index is 12.6. The van der Waals surface area contributed by atoms with Gasteiger partial charge >= 0.3 is 5.97 Å². The molecule has 0 aliphatic carbocycles. The van der Waals surface area contributed by atoms with Gasteiger partial charge in [-0.25, -0.2) is 4.79 Å². The number of nitrogens with one attached hydrogen (secondary N) is 1. The highest BCUT2D eigenvalue weighted by Gasteiger charge is 2.34. The molecule has 1 N–H and O–H groups in total. The molecule has 0 radical (unpaired) electrons. The predicted octanol–water partition coefficient (Wildman–Crippen LogP) is 3.63. The Balaban J connectivity index is 1.52. The maximum absolute atomic E-state index is 12.6. The lowest BCUT2D eigenvalue weighted by atomic mass is 10.1. The Morgan fingerprint density at radius 2 is 1.83 bits per heavy atom. The van der Waals surface area contributed by atoms with Gasteiger partial charge < -0.3 is 15.0 Å². The molecule has 0 unspecified atom stereocenters. The Labute approximate surface area is 170 Å². The zero-order chi connectivity index (χ0) is 20.6. The summed E-state index contributed by atoms with van der Waals surface area (Å²) in [4.78, 5) is 38.5. The lowest BCUT2D eigenvalue weighted by Crippen LogP contribution is -2.28. The van der Waals surface area contributed by atoms with Gasteiger partial charge in [0.15, 0.2) is 0 Å². The summed E-state index contributed by atoms with van der Waals surface area (Å²) in [5.74, 6) is -0.953. The third-order valence-electron chi connectivity index (χ3n) is 4.92. The molecular formula is C23H26N2O4. The van der Waals surface area contributed by atoms with Crippen LogP contribution in [0.3, 0.4) is 0 Å². The van der Waals surface area contributed by atoms with E-state index in [0.29, 0.717) is 30.9 Å². The SMILES string of the molecule is CCCCOC(=O)c1ccc(NC(=O)[C@@H]2CC(=O)N(Cc3ccccc3)C2)cc1. The molecule has 1 atom stereocenters. The Morgan fingerprint density at radius 3 is 2.52 bits per heavy atom. The summed E-state index contributed by atoms with van der Waals surface area (Å²) in [6, 6.07) is 16.3. The van der Waals surface area contributed by atoms with Gasteiger partial charge in [0.05, 0.1) is 18.1 Å². The molecule has 1 aliphatic rings. The fourth-order valence-electron chi connectivity index (χ4n) is 3.23. The largest absolute Gasteiger partial charge is 0.462 e. The molecule has 0 spiro atoms. The van der Waals surface area contributed by atoms with Crippen LogP contribution in [-0.2, 0) is 20.9 Å². The Kier molecular flexibility index (Phi) is 7.00. The second kappa shape index (κ2) is 9.87. The molecule has 1 fully saturated rings. The number of hydrogen-bond donors (Lipinski definition) is 1. The zero-order valence-corrected chi connectivity index (χ0v) is 16.6. The molecule has 1 aliphatic heterocycles. The number of rotatable bonds is 8. The van der Waals surface area contributed by atoms with E-state index in [1.54, 1.807) is 29.2 Å². The first kappa shape index (κ1) is 20.6. The van der Waals surface area contributed by atoms with E-state index in [1.165, 1.54) is 0 Å². The van der Waals surface area contributed by atoms with Gasteiger partial charge in [-0.1, -0.05) is 43.7 Å². The van der Waals surface area contributed by atoms with Crippen molar-refractivity contribution in [2.75, 3.05) is 18.5 Å². The van der Waals surface area contributed by atoms with Crippen LogP contribution in [0.15, 0.2) is 54.6 Å². The average Bonchev–Trinajstić information content (AvgIpc) is 3.10. The van der Waals surface area contributed by atoms with Crippen molar-refractivity contribution in [1.82, 2.24) is 4.90 Å². The second-order valence-electron chi connectivity index (χ2n) is 7.22. The normalized spacial score (nSPS) is 16.0. The van der Waals surface area contributed by atoms with Crippen LogP contribution >= 0.6 is 0 Å². The first-order chi connectivity index (χ1) is 14.1. The van der Waals surface area contributed by atoms with Gasteiger partial charge in [-0.2, -0.15) is 0 Å². The summed E-state index contributed by atoms with van der Waals surface area (Å²) < 4.78 is 5.17. The van der Waals surface area contributed by atoms with Crippen LogP contribution in [0, 0.1) is 5.92 Å². The number of carbonyl (C=O) groups is 3. The van der Waals surface area contributed by atoms with Gasteiger partial charge in [0.2, 0.25) is 11.8 Å². The lowest BCUT2D eigenvalue weighted by molar-refractivity contribution is -0.128. The summed E-state index contributed by atoms with van der Waals surface area (Å²) >= 11 is 0. The fourth-order valence-corrected chi connectivity index (χ4v) is 3.23. The van der Waals surface area contributed by atoms with Gasteiger partial charge in [-0.05, 0) is 36.2 Å². The lowest BCUT2D eigenvalue weighted by Gasteiger charge is -2.16. The van der Waals surface area contributed by atoms with Crippen LogP contribution in [0.25, 0.3) is 0 Å². The van der Waals surface area contributed by atoms with E-state index in [9.17, 15) is 14.4 Å². The van der Waals surface area contributed by atoms with Crippen LogP contribution in [0.1, 0.15) is 42.1 Å². The first-order valence-electron chi connectivity index (χ1n) is 9.96. The molecule has 152 valence electrons. The molecule has 0 aromatic heterocycles. The molecule has 3 rings (SSSR count). The van der Waals surface area contributed by atoms with Crippen molar-refractivity contribution in [3.8, 4) is 0 Å². The van der Waals surface area contributed by atoms with E-state index in [0.717, 1.165) is 18.4 Å². The molecule has 29 heavy (non-hydrogen) atoms. The minimum atomic E-state index is -0.384. The van der Waals surface area contributed by atoms with Crippen LogP contribution in [0.5, 0.6) is 0 Å². The van der Waals surface area contributed by atoms with Crippen LogP contribution in [-0.4, -0.2) is 35.8 Å². The number of ether oxygens (including phenoxy) is 1. The summed E-state index contributed by atoms with van der Waals surface area (Å²) in [6.45, 7) is 3.35. The number of unbranched alkanes of at least 4 members (excludes halogenated alkanes) is 1. The van der Waals surface area contributed by atoms with Crippen LogP contribution in [0.2, 0.25) is 0 Å². The number of benzene rings is 2. The maximum Gasteiger partial charge on any atom is 0.338 e. The van der Waals surface area contributed by atoms with E-state index in [-0.39, 0.29) is 30.1 Å². The fraction of sp³-hybridized carbons (Fsp3) is 0.348. The van der Waals surface area contributed by atoms with Gasteiger partial charge in [0, 0.05) is 25.2 Å². The van der Waals surface area contributed by atoms with Crippen molar-refractivity contribution in [3.63, 3.8) is 0 Å². The van der Waals surface area contributed by atoms with Crippen molar-refractivity contribution < 1.29 is 19.1 Å². The van der Waals surface area contributed by atoms with Crippen molar-refractivity contribution >= 4 is 23.5 Å². The van der Waals surface area contributed by atoms with E-state index in [4.69, 9.17) is 4.74 Å². The van der Waals surface area contributed by atoms with E-state index < -0.39 is 0 Å².